The lowest BCUT2D eigenvalue weighted by atomic mass is 9.50. The SMILES string of the molecule is CCN(C)C(C)(OC)S(=O)(=O)NC12CC(C1)C2. The summed E-state index contributed by atoms with van der Waals surface area (Å²) >= 11 is 0. The summed E-state index contributed by atoms with van der Waals surface area (Å²) in [5.41, 5.74) is -0.155. The molecule has 0 aromatic rings. The van der Waals surface area contributed by atoms with Crippen molar-refractivity contribution >= 4 is 10.0 Å². The molecule has 1 atom stereocenters. The van der Waals surface area contributed by atoms with Crippen LogP contribution in [0.1, 0.15) is 33.1 Å². The third kappa shape index (κ3) is 1.82. The van der Waals surface area contributed by atoms with Crippen molar-refractivity contribution in [1.29, 1.82) is 0 Å². The molecule has 0 aliphatic heterocycles. The summed E-state index contributed by atoms with van der Waals surface area (Å²) < 4.78 is 33.0. The van der Waals surface area contributed by atoms with Crippen molar-refractivity contribution in [2.24, 2.45) is 5.92 Å². The van der Waals surface area contributed by atoms with Gasteiger partial charge in [-0.05, 0) is 45.7 Å². The molecular formula is C11H22N2O3S. The zero-order chi connectivity index (χ0) is 12.9. The first-order valence-electron chi connectivity index (χ1n) is 6.08. The van der Waals surface area contributed by atoms with Gasteiger partial charge in [0.2, 0.25) is 5.06 Å². The quantitative estimate of drug-likeness (QED) is 0.717. The van der Waals surface area contributed by atoms with Crippen LogP contribution < -0.4 is 4.72 Å². The first-order valence-corrected chi connectivity index (χ1v) is 7.57. The van der Waals surface area contributed by atoms with Gasteiger partial charge in [-0.15, -0.1) is 0 Å². The summed E-state index contributed by atoms with van der Waals surface area (Å²) in [5, 5.41) is -1.29. The van der Waals surface area contributed by atoms with Crippen LogP contribution in [0, 0.1) is 5.92 Å². The maximum absolute atomic E-state index is 12.4. The first-order chi connectivity index (χ1) is 7.78. The molecule has 3 aliphatic rings. The van der Waals surface area contributed by atoms with Crippen LogP contribution in [-0.4, -0.2) is 44.6 Å². The highest BCUT2D eigenvalue weighted by molar-refractivity contribution is 7.90. The van der Waals surface area contributed by atoms with E-state index in [1.807, 2.05) is 6.92 Å². The Hall–Kier alpha value is -0.170. The average molecular weight is 262 g/mol. The molecule has 5 nitrogen and oxygen atoms in total. The molecule has 3 saturated carbocycles. The number of rotatable bonds is 6. The molecule has 3 rings (SSSR count). The lowest BCUT2D eigenvalue weighted by molar-refractivity contribution is -0.0560. The van der Waals surface area contributed by atoms with Gasteiger partial charge in [-0.25, -0.2) is 13.1 Å². The van der Waals surface area contributed by atoms with E-state index in [0.717, 1.165) is 25.2 Å². The van der Waals surface area contributed by atoms with Gasteiger partial charge >= 0.3 is 0 Å². The van der Waals surface area contributed by atoms with E-state index in [2.05, 4.69) is 4.72 Å². The number of ether oxygens (including phenoxy) is 1. The smallest absolute Gasteiger partial charge is 0.256 e. The second kappa shape index (κ2) is 3.91. The normalized spacial score (nSPS) is 35.0. The van der Waals surface area contributed by atoms with E-state index < -0.39 is 15.1 Å². The Bertz CT molecular complexity index is 392. The summed E-state index contributed by atoms with van der Waals surface area (Å²) in [5.74, 6) is 0.746. The van der Waals surface area contributed by atoms with Crippen molar-refractivity contribution < 1.29 is 13.2 Å². The summed E-state index contributed by atoms with van der Waals surface area (Å²) in [6.07, 6.45) is 2.96. The number of hydrogen-bond donors (Lipinski definition) is 1. The highest BCUT2D eigenvalue weighted by atomic mass is 32.2. The van der Waals surface area contributed by atoms with E-state index in [0.29, 0.717) is 6.54 Å². The second-order valence-electron chi connectivity index (χ2n) is 5.48. The van der Waals surface area contributed by atoms with Crippen LogP contribution in [-0.2, 0) is 14.8 Å². The fraction of sp³-hybridized carbons (Fsp3) is 1.00. The number of nitrogens with zero attached hydrogens (tertiary/aromatic N) is 1. The molecule has 0 saturated heterocycles. The highest BCUT2D eigenvalue weighted by Gasteiger charge is 2.60. The lowest BCUT2D eigenvalue weighted by Crippen LogP contribution is -2.71. The predicted octanol–water partition coefficient (Wildman–Crippen LogP) is 0.730. The minimum absolute atomic E-state index is 0.155. The average Bonchev–Trinajstić information content (AvgIpc) is 2.19. The van der Waals surface area contributed by atoms with Gasteiger partial charge in [0.25, 0.3) is 10.0 Å². The fourth-order valence-electron chi connectivity index (χ4n) is 2.74. The molecule has 0 aromatic heterocycles. The topological polar surface area (TPSA) is 58.6 Å². The Kier molecular flexibility index (Phi) is 3.05. The van der Waals surface area contributed by atoms with Crippen LogP contribution in [0.4, 0.5) is 0 Å². The maximum Gasteiger partial charge on any atom is 0.256 e. The number of sulfonamides is 1. The molecular weight excluding hydrogens is 240 g/mol. The molecule has 17 heavy (non-hydrogen) atoms. The minimum Gasteiger partial charge on any atom is -0.349 e. The van der Waals surface area contributed by atoms with Crippen molar-refractivity contribution in [1.82, 2.24) is 9.62 Å². The molecule has 0 aromatic carbocycles. The number of hydrogen-bond acceptors (Lipinski definition) is 4. The van der Waals surface area contributed by atoms with Crippen molar-refractivity contribution in [3.8, 4) is 0 Å². The van der Waals surface area contributed by atoms with Gasteiger partial charge in [-0.2, -0.15) is 0 Å². The van der Waals surface area contributed by atoms with Gasteiger partial charge < -0.3 is 4.74 Å². The van der Waals surface area contributed by atoms with E-state index in [9.17, 15) is 8.42 Å². The molecule has 3 fully saturated rings. The number of nitrogens with one attached hydrogen (secondary N) is 1. The largest absolute Gasteiger partial charge is 0.349 e. The molecule has 0 heterocycles. The van der Waals surface area contributed by atoms with Crippen molar-refractivity contribution in [2.45, 2.75) is 43.7 Å². The highest BCUT2D eigenvalue weighted by Crippen LogP contribution is 2.57. The molecule has 2 bridgehead atoms. The monoisotopic (exact) mass is 262 g/mol. The molecule has 1 unspecified atom stereocenters. The standard InChI is InChI=1S/C11H22N2O3S/c1-5-13(3)10(2,16-4)17(14,15)12-11-6-9(7-11)8-11/h9,12H,5-8H2,1-4H3. The van der Waals surface area contributed by atoms with Gasteiger partial charge in [0, 0.05) is 12.6 Å². The Morgan fingerprint density at radius 1 is 1.47 bits per heavy atom. The van der Waals surface area contributed by atoms with Gasteiger partial charge in [0.05, 0.1) is 0 Å². The minimum atomic E-state index is -3.51. The van der Waals surface area contributed by atoms with Crippen LogP contribution in [0.5, 0.6) is 0 Å². The first kappa shape index (κ1) is 13.3. The molecule has 6 heteroatoms. The molecule has 0 amide bonds. The van der Waals surface area contributed by atoms with E-state index in [-0.39, 0.29) is 5.54 Å². The van der Waals surface area contributed by atoms with Crippen molar-refractivity contribution in [3.05, 3.63) is 0 Å². The predicted molar refractivity (Wildman–Crippen MR) is 65.8 cm³/mol. The third-order valence-electron chi connectivity index (χ3n) is 4.43. The van der Waals surface area contributed by atoms with Gasteiger partial charge in [0.15, 0.2) is 0 Å². The lowest BCUT2D eigenvalue weighted by Gasteiger charge is -2.62. The van der Waals surface area contributed by atoms with Crippen molar-refractivity contribution in [2.75, 3.05) is 20.7 Å². The molecule has 0 radical (unpaired) electrons. The molecule has 1 N–H and O–H groups in total. The fourth-order valence-corrected chi connectivity index (χ4v) is 4.51. The van der Waals surface area contributed by atoms with Gasteiger partial charge in [-0.3, -0.25) is 4.90 Å². The zero-order valence-corrected chi connectivity index (χ0v) is 11.8. The van der Waals surface area contributed by atoms with E-state index in [4.69, 9.17) is 4.74 Å². The summed E-state index contributed by atoms with van der Waals surface area (Å²) in [4.78, 5) is 1.70. The van der Waals surface area contributed by atoms with Crippen LogP contribution >= 0.6 is 0 Å². The Balaban J connectivity index is 2.16. The zero-order valence-electron chi connectivity index (χ0n) is 11.0. The maximum atomic E-state index is 12.4. The Morgan fingerprint density at radius 3 is 2.29 bits per heavy atom. The second-order valence-corrected chi connectivity index (χ2v) is 7.45. The molecule has 0 spiro atoms. The van der Waals surface area contributed by atoms with E-state index in [1.54, 1.807) is 18.9 Å². The van der Waals surface area contributed by atoms with Crippen molar-refractivity contribution in [3.63, 3.8) is 0 Å². The van der Waals surface area contributed by atoms with Gasteiger partial charge in [-0.1, -0.05) is 6.92 Å². The van der Waals surface area contributed by atoms with E-state index >= 15 is 0 Å². The summed E-state index contributed by atoms with van der Waals surface area (Å²) in [6.45, 7) is 4.12. The van der Waals surface area contributed by atoms with Crippen LogP contribution in [0.2, 0.25) is 0 Å². The summed E-state index contributed by atoms with van der Waals surface area (Å²) in [7, 11) is -0.318. The van der Waals surface area contributed by atoms with Crippen LogP contribution in [0.15, 0.2) is 0 Å². The summed E-state index contributed by atoms with van der Waals surface area (Å²) in [6, 6.07) is 0. The third-order valence-corrected chi connectivity index (χ3v) is 6.61. The Labute approximate surface area is 104 Å². The van der Waals surface area contributed by atoms with E-state index in [1.165, 1.54) is 7.11 Å². The number of methoxy groups -OCH3 is 1. The van der Waals surface area contributed by atoms with Crippen LogP contribution in [0.25, 0.3) is 0 Å². The Morgan fingerprint density at radius 2 is 2.00 bits per heavy atom. The van der Waals surface area contributed by atoms with Gasteiger partial charge in [0.1, 0.15) is 0 Å². The van der Waals surface area contributed by atoms with Crippen LogP contribution in [0.3, 0.4) is 0 Å². The molecule has 3 aliphatic carbocycles. The molecule has 100 valence electrons.